The van der Waals surface area contributed by atoms with E-state index >= 15 is 0 Å². The van der Waals surface area contributed by atoms with Crippen molar-refractivity contribution in [3.05, 3.63) is 28.2 Å². The largest absolute Gasteiger partial charge is 0.478 e. The molecule has 0 aliphatic heterocycles. The van der Waals surface area contributed by atoms with Crippen LogP contribution in [0.15, 0.2) is 27.6 Å². The molecular weight excluding hydrogens is 324 g/mol. The van der Waals surface area contributed by atoms with Gasteiger partial charge in [0, 0.05) is 11.6 Å². The second-order valence-electron chi connectivity index (χ2n) is 3.77. The second-order valence-corrected chi connectivity index (χ2v) is 6.69. The van der Waals surface area contributed by atoms with Crippen LogP contribution in [0.25, 0.3) is 0 Å². The first-order chi connectivity index (χ1) is 8.27. The SMILES string of the molecule is COC(C)CS(=O)(=O)c1cc(Br)ccc1C(=O)O. The van der Waals surface area contributed by atoms with Gasteiger partial charge in [0.25, 0.3) is 0 Å². The summed E-state index contributed by atoms with van der Waals surface area (Å²) in [7, 11) is -2.30. The molecule has 1 atom stereocenters. The molecule has 0 aliphatic rings. The first-order valence-electron chi connectivity index (χ1n) is 5.06. The molecule has 0 saturated carbocycles. The van der Waals surface area contributed by atoms with Crippen LogP contribution < -0.4 is 0 Å². The van der Waals surface area contributed by atoms with Crippen molar-refractivity contribution in [3.8, 4) is 0 Å². The number of ether oxygens (including phenoxy) is 1. The third-order valence-corrected chi connectivity index (χ3v) is 4.78. The minimum atomic E-state index is -3.71. The van der Waals surface area contributed by atoms with Crippen molar-refractivity contribution in [2.24, 2.45) is 0 Å². The number of methoxy groups -OCH3 is 1. The Kier molecular flexibility index (Phi) is 4.89. The molecule has 0 spiro atoms. The Morgan fingerprint density at radius 2 is 2.11 bits per heavy atom. The summed E-state index contributed by atoms with van der Waals surface area (Å²) in [6, 6.07) is 4.04. The van der Waals surface area contributed by atoms with Crippen molar-refractivity contribution in [2.45, 2.75) is 17.9 Å². The molecule has 0 saturated heterocycles. The Labute approximate surface area is 114 Å². The Morgan fingerprint density at radius 1 is 1.50 bits per heavy atom. The van der Waals surface area contributed by atoms with Crippen LogP contribution >= 0.6 is 15.9 Å². The zero-order chi connectivity index (χ0) is 13.9. The van der Waals surface area contributed by atoms with Gasteiger partial charge in [-0.1, -0.05) is 15.9 Å². The fraction of sp³-hybridized carbons (Fsp3) is 0.364. The molecule has 100 valence electrons. The lowest BCUT2D eigenvalue weighted by Gasteiger charge is -2.12. The third kappa shape index (κ3) is 3.54. The highest BCUT2D eigenvalue weighted by atomic mass is 79.9. The van der Waals surface area contributed by atoms with E-state index in [1.807, 2.05) is 0 Å². The van der Waals surface area contributed by atoms with Gasteiger partial charge >= 0.3 is 5.97 Å². The fourth-order valence-electron chi connectivity index (χ4n) is 1.40. The number of carboxylic acid groups (broad SMARTS) is 1. The van der Waals surface area contributed by atoms with Crippen molar-refractivity contribution >= 4 is 31.7 Å². The number of sulfone groups is 1. The van der Waals surface area contributed by atoms with Crippen molar-refractivity contribution in [2.75, 3.05) is 12.9 Å². The molecule has 7 heteroatoms. The lowest BCUT2D eigenvalue weighted by molar-refractivity contribution is 0.0692. The number of hydrogen-bond acceptors (Lipinski definition) is 4. The van der Waals surface area contributed by atoms with Crippen LogP contribution in [0.2, 0.25) is 0 Å². The Bertz CT molecular complexity index is 553. The van der Waals surface area contributed by atoms with Crippen LogP contribution in [-0.4, -0.2) is 38.5 Å². The maximum atomic E-state index is 12.1. The average molecular weight is 337 g/mol. The summed E-state index contributed by atoms with van der Waals surface area (Å²) < 4.78 is 29.6. The molecule has 0 bridgehead atoms. The van der Waals surface area contributed by atoms with Gasteiger partial charge < -0.3 is 9.84 Å². The predicted octanol–water partition coefficient (Wildman–Crippen LogP) is 1.96. The Morgan fingerprint density at radius 3 is 2.61 bits per heavy atom. The van der Waals surface area contributed by atoms with E-state index in [0.717, 1.165) is 0 Å². The molecule has 0 aromatic heterocycles. The van der Waals surface area contributed by atoms with Crippen LogP contribution in [0.5, 0.6) is 0 Å². The predicted molar refractivity (Wildman–Crippen MR) is 69.6 cm³/mol. The van der Waals surface area contributed by atoms with E-state index in [2.05, 4.69) is 15.9 Å². The molecule has 0 radical (unpaired) electrons. The first kappa shape index (κ1) is 15.1. The lowest BCUT2D eigenvalue weighted by Crippen LogP contribution is -2.21. The molecule has 5 nitrogen and oxygen atoms in total. The number of halogens is 1. The summed E-state index contributed by atoms with van der Waals surface area (Å²) >= 11 is 3.13. The Hall–Kier alpha value is -0.920. The van der Waals surface area contributed by atoms with Crippen molar-refractivity contribution in [1.82, 2.24) is 0 Å². The van der Waals surface area contributed by atoms with E-state index in [1.165, 1.54) is 25.3 Å². The van der Waals surface area contributed by atoms with E-state index in [4.69, 9.17) is 9.84 Å². The molecule has 1 unspecified atom stereocenters. The van der Waals surface area contributed by atoms with Gasteiger partial charge in [-0.2, -0.15) is 0 Å². The summed E-state index contributed by atoms with van der Waals surface area (Å²) in [6.45, 7) is 1.61. The van der Waals surface area contributed by atoms with Crippen LogP contribution in [0, 0.1) is 0 Å². The van der Waals surface area contributed by atoms with Crippen molar-refractivity contribution < 1.29 is 23.1 Å². The molecule has 0 fully saturated rings. The standard InChI is InChI=1S/C11H13BrO5S/c1-7(17-2)6-18(15,16)10-5-8(12)3-4-9(10)11(13)14/h3-5,7H,6H2,1-2H3,(H,13,14). The van der Waals surface area contributed by atoms with E-state index in [-0.39, 0.29) is 16.2 Å². The second kappa shape index (κ2) is 5.81. The van der Waals surface area contributed by atoms with Crippen LogP contribution in [0.4, 0.5) is 0 Å². The van der Waals surface area contributed by atoms with Gasteiger partial charge in [0.2, 0.25) is 0 Å². The van der Waals surface area contributed by atoms with Gasteiger partial charge in [-0.3, -0.25) is 0 Å². The van der Waals surface area contributed by atoms with Gasteiger partial charge in [-0.25, -0.2) is 13.2 Å². The smallest absolute Gasteiger partial charge is 0.337 e. The number of aromatic carboxylic acids is 1. The zero-order valence-electron chi connectivity index (χ0n) is 9.88. The zero-order valence-corrected chi connectivity index (χ0v) is 12.3. The summed E-state index contributed by atoms with van der Waals surface area (Å²) in [6.07, 6.45) is -0.504. The van der Waals surface area contributed by atoms with Crippen LogP contribution in [0.1, 0.15) is 17.3 Å². The number of benzene rings is 1. The first-order valence-corrected chi connectivity index (χ1v) is 7.51. The number of carboxylic acids is 1. The molecule has 18 heavy (non-hydrogen) atoms. The monoisotopic (exact) mass is 336 g/mol. The van der Waals surface area contributed by atoms with Crippen molar-refractivity contribution in [1.29, 1.82) is 0 Å². The maximum Gasteiger partial charge on any atom is 0.337 e. The topological polar surface area (TPSA) is 80.7 Å². The molecule has 1 N–H and O–H groups in total. The quantitative estimate of drug-likeness (QED) is 0.888. The maximum absolute atomic E-state index is 12.1. The van der Waals surface area contributed by atoms with Gasteiger partial charge in [0.1, 0.15) is 0 Å². The summed E-state index contributed by atoms with van der Waals surface area (Å²) in [5, 5.41) is 9.00. The molecule has 0 heterocycles. The van der Waals surface area contributed by atoms with Crippen molar-refractivity contribution in [3.63, 3.8) is 0 Å². The van der Waals surface area contributed by atoms with Crippen LogP contribution in [-0.2, 0) is 14.6 Å². The molecule has 1 rings (SSSR count). The summed E-state index contributed by atoms with van der Waals surface area (Å²) in [5.74, 6) is -1.54. The normalized spacial score (nSPS) is 13.3. The molecule has 0 amide bonds. The van der Waals surface area contributed by atoms with E-state index in [0.29, 0.717) is 4.47 Å². The number of carbonyl (C=O) groups is 1. The van der Waals surface area contributed by atoms with Gasteiger partial charge in [0.15, 0.2) is 9.84 Å². The molecular formula is C11H13BrO5S. The molecule has 1 aromatic rings. The minimum absolute atomic E-state index is 0.201. The average Bonchev–Trinajstić information content (AvgIpc) is 2.27. The molecule has 0 aliphatic carbocycles. The summed E-state index contributed by atoms with van der Waals surface area (Å²) in [4.78, 5) is 10.8. The minimum Gasteiger partial charge on any atom is -0.478 e. The van der Waals surface area contributed by atoms with Gasteiger partial charge in [0.05, 0.1) is 22.3 Å². The Balaban J connectivity index is 3.30. The van der Waals surface area contributed by atoms with Gasteiger partial charge in [-0.15, -0.1) is 0 Å². The van der Waals surface area contributed by atoms with E-state index in [9.17, 15) is 13.2 Å². The highest BCUT2D eigenvalue weighted by Gasteiger charge is 2.24. The highest BCUT2D eigenvalue weighted by Crippen LogP contribution is 2.23. The van der Waals surface area contributed by atoms with Gasteiger partial charge in [-0.05, 0) is 25.1 Å². The summed E-state index contributed by atoms with van der Waals surface area (Å²) in [5.41, 5.74) is -0.235. The van der Waals surface area contributed by atoms with Crippen LogP contribution in [0.3, 0.4) is 0 Å². The number of rotatable bonds is 5. The van der Waals surface area contributed by atoms with E-state index in [1.54, 1.807) is 6.92 Å². The highest BCUT2D eigenvalue weighted by molar-refractivity contribution is 9.10. The van der Waals surface area contributed by atoms with E-state index < -0.39 is 21.9 Å². The lowest BCUT2D eigenvalue weighted by atomic mass is 10.2. The third-order valence-electron chi connectivity index (χ3n) is 2.37. The molecule has 1 aromatic carbocycles. The fourth-order valence-corrected chi connectivity index (χ4v) is 3.64. The number of hydrogen-bond donors (Lipinski definition) is 1.